The fourth-order valence-corrected chi connectivity index (χ4v) is 3.39. The Kier molecular flexibility index (Phi) is 5.75. The average molecular weight is 400 g/mol. The number of carbonyl (C=O) groups is 2. The summed E-state index contributed by atoms with van der Waals surface area (Å²) in [6.45, 7) is 8.32. The minimum Gasteiger partial charge on any atom is -0.444 e. The number of hydroxylamine groups is 1. The van der Waals surface area contributed by atoms with Crippen LogP contribution in [0, 0.1) is 5.41 Å². The molecule has 8 nitrogen and oxygen atoms in total. The van der Waals surface area contributed by atoms with Crippen LogP contribution in [0.25, 0.3) is 11.0 Å². The zero-order chi connectivity index (χ0) is 21.2. The van der Waals surface area contributed by atoms with E-state index in [2.05, 4.69) is 9.97 Å². The maximum absolute atomic E-state index is 13.4. The van der Waals surface area contributed by atoms with Crippen molar-refractivity contribution in [2.75, 3.05) is 25.3 Å². The summed E-state index contributed by atoms with van der Waals surface area (Å²) in [5, 5.41) is 1.29. The van der Waals surface area contributed by atoms with Gasteiger partial charge in [-0.05, 0) is 51.8 Å². The van der Waals surface area contributed by atoms with E-state index in [1.54, 1.807) is 29.4 Å². The van der Waals surface area contributed by atoms with Crippen molar-refractivity contribution in [3.8, 4) is 0 Å². The molecule has 0 spiro atoms. The average Bonchev–Trinajstić information content (AvgIpc) is 2.68. The summed E-state index contributed by atoms with van der Waals surface area (Å²) in [5.41, 5.74) is 0.623. The molecule has 1 fully saturated rings. The molecule has 2 amide bonds. The Labute approximate surface area is 170 Å². The van der Waals surface area contributed by atoms with Gasteiger partial charge in [0.2, 0.25) is 0 Å². The Morgan fingerprint density at radius 1 is 1.14 bits per heavy atom. The molecular formula is C21H28N4O4. The van der Waals surface area contributed by atoms with E-state index in [1.807, 2.05) is 33.8 Å². The van der Waals surface area contributed by atoms with Crippen molar-refractivity contribution in [1.82, 2.24) is 14.9 Å². The van der Waals surface area contributed by atoms with E-state index in [1.165, 1.54) is 12.2 Å². The van der Waals surface area contributed by atoms with Crippen LogP contribution in [0.3, 0.4) is 0 Å². The summed E-state index contributed by atoms with van der Waals surface area (Å²) >= 11 is 0. The number of ether oxygens (including phenoxy) is 1. The zero-order valence-corrected chi connectivity index (χ0v) is 17.6. The lowest BCUT2D eigenvalue weighted by Gasteiger charge is -2.40. The number of carbonyl (C=O) groups excluding carboxylic acids is 2. The lowest BCUT2D eigenvalue weighted by atomic mass is 9.79. The molecule has 3 heterocycles. The van der Waals surface area contributed by atoms with Gasteiger partial charge in [-0.3, -0.25) is 19.6 Å². The van der Waals surface area contributed by atoms with E-state index < -0.39 is 11.0 Å². The normalized spacial score (nSPS) is 16.5. The second-order valence-electron chi connectivity index (χ2n) is 8.51. The molecule has 29 heavy (non-hydrogen) atoms. The molecule has 0 atom stereocenters. The van der Waals surface area contributed by atoms with Crippen LogP contribution in [0.5, 0.6) is 0 Å². The zero-order valence-electron chi connectivity index (χ0n) is 17.6. The molecule has 156 valence electrons. The Morgan fingerprint density at radius 2 is 1.83 bits per heavy atom. The molecule has 0 radical (unpaired) electrons. The number of fused-ring (bicyclic) bond motifs is 1. The molecule has 1 aliphatic rings. The Hall–Kier alpha value is -2.74. The number of amides is 2. The van der Waals surface area contributed by atoms with E-state index >= 15 is 0 Å². The molecule has 2 aromatic rings. The number of nitrogens with zero attached hydrogens (tertiary/aromatic N) is 4. The molecule has 0 aliphatic carbocycles. The van der Waals surface area contributed by atoms with E-state index in [0.717, 1.165) is 0 Å². The predicted molar refractivity (Wildman–Crippen MR) is 109 cm³/mol. The third-order valence-electron chi connectivity index (χ3n) is 5.10. The summed E-state index contributed by atoms with van der Waals surface area (Å²) in [7, 11) is 1.46. The number of rotatable bonds is 3. The number of piperidine rings is 1. The van der Waals surface area contributed by atoms with Crippen molar-refractivity contribution in [2.45, 2.75) is 46.1 Å². The second kappa shape index (κ2) is 7.94. The van der Waals surface area contributed by atoms with E-state index in [0.29, 0.717) is 42.7 Å². The Bertz CT molecular complexity index is 896. The summed E-state index contributed by atoms with van der Waals surface area (Å²) in [6, 6.07) is 5.35. The van der Waals surface area contributed by atoms with Gasteiger partial charge in [0.05, 0.1) is 18.0 Å². The first kappa shape index (κ1) is 21.0. The van der Waals surface area contributed by atoms with Crippen molar-refractivity contribution < 1.29 is 19.2 Å². The van der Waals surface area contributed by atoms with Crippen molar-refractivity contribution in [3.05, 3.63) is 30.6 Å². The lowest BCUT2D eigenvalue weighted by Crippen LogP contribution is -2.50. The van der Waals surface area contributed by atoms with Crippen LogP contribution in [0.1, 0.15) is 40.5 Å². The van der Waals surface area contributed by atoms with Crippen LogP contribution < -0.4 is 5.06 Å². The Balaban J connectivity index is 1.77. The molecule has 3 rings (SSSR count). The van der Waals surface area contributed by atoms with Crippen LogP contribution in [0.4, 0.5) is 10.5 Å². The molecule has 0 N–H and O–H groups in total. The molecule has 8 heteroatoms. The van der Waals surface area contributed by atoms with Crippen LogP contribution >= 0.6 is 0 Å². The molecule has 2 aromatic heterocycles. The monoisotopic (exact) mass is 400 g/mol. The van der Waals surface area contributed by atoms with Gasteiger partial charge in [-0.1, -0.05) is 6.92 Å². The van der Waals surface area contributed by atoms with Gasteiger partial charge in [-0.15, -0.1) is 0 Å². The molecule has 0 saturated carbocycles. The van der Waals surface area contributed by atoms with E-state index in [4.69, 9.17) is 9.57 Å². The molecule has 1 aliphatic heterocycles. The molecule has 0 unspecified atom stereocenters. The third kappa shape index (κ3) is 4.48. The Morgan fingerprint density at radius 3 is 2.45 bits per heavy atom. The number of anilines is 1. The quantitative estimate of drug-likeness (QED) is 0.733. The maximum atomic E-state index is 13.4. The SMILES string of the molecule is CON(C(=O)C1(C)CCN(C(=O)OC(C)(C)C)CC1)c1ccnc2cccnc12. The number of pyridine rings is 2. The molecular weight excluding hydrogens is 372 g/mol. The molecule has 1 saturated heterocycles. The van der Waals surface area contributed by atoms with Crippen LogP contribution in [0.15, 0.2) is 30.6 Å². The van der Waals surface area contributed by atoms with Gasteiger partial charge < -0.3 is 9.64 Å². The minimum atomic E-state index is -0.668. The largest absolute Gasteiger partial charge is 0.444 e. The van der Waals surface area contributed by atoms with Crippen molar-refractivity contribution in [3.63, 3.8) is 0 Å². The van der Waals surface area contributed by atoms with Crippen LogP contribution in [-0.4, -0.2) is 52.7 Å². The summed E-state index contributed by atoms with van der Waals surface area (Å²) in [6.07, 6.45) is 3.97. The fraction of sp³-hybridized carbons (Fsp3) is 0.524. The molecule has 0 bridgehead atoms. The van der Waals surface area contributed by atoms with Crippen LogP contribution in [0.2, 0.25) is 0 Å². The summed E-state index contributed by atoms with van der Waals surface area (Å²) in [5.74, 6) is -0.165. The van der Waals surface area contributed by atoms with Gasteiger partial charge in [-0.2, -0.15) is 5.06 Å². The van der Waals surface area contributed by atoms with Gasteiger partial charge >= 0.3 is 6.09 Å². The highest BCUT2D eigenvalue weighted by Gasteiger charge is 2.42. The number of hydrogen-bond donors (Lipinski definition) is 0. The first-order valence-electron chi connectivity index (χ1n) is 9.71. The first-order chi connectivity index (χ1) is 13.6. The minimum absolute atomic E-state index is 0.165. The topological polar surface area (TPSA) is 84.9 Å². The number of hydrogen-bond acceptors (Lipinski definition) is 6. The van der Waals surface area contributed by atoms with E-state index in [9.17, 15) is 9.59 Å². The predicted octanol–water partition coefficient (Wildman–Crippen LogP) is 3.56. The number of likely N-dealkylation sites (tertiary alicyclic amines) is 1. The smallest absolute Gasteiger partial charge is 0.410 e. The molecule has 0 aromatic carbocycles. The van der Waals surface area contributed by atoms with Gasteiger partial charge in [0, 0.05) is 25.5 Å². The van der Waals surface area contributed by atoms with Crippen molar-refractivity contribution >= 4 is 28.7 Å². The van der Waals surface area contributed by atoms with Crippen molar-refractivity contribution in [1.29, 1.82) is 0 Å². The summed E-state index contributed by atoms with van der Waals surface area (Å²) in [4.78, 5) is 41.5. The van der Waals surface area contributed by atoms with Crippen LogP contribution in [-0.2, 0) is 14.4 Å². The highest BCUT2D eigenvalue weighted by molar-refractivity contribution is 6.01. The third-order valence-corrected chi connectivity index (χ3v) is 5.10. The van der Waals surface area contributed by atoms with E-state index in [-0.39, 0.29) is 12.0 Å². The standard InChI is InChI=1S/C21H28N4O4/c1-20(2,3)29-19(27)24-13-9-21(4,10-14-24)18(26)25(28-5)16-8-12-22-15-7-6-11-23-17(15)16/h6-8,11-12H,9-10,13-14H2,1-5H3. The van der Waals surface area contributed by atoms with Gasteiger partial charge in [-0.25, -0.2) is 4.79 Å². The maximum Gasteiger partial charge on any atom is 0.410 e. The summed E-state index contributed by atoms with van der Waals surface area (Å²) < 4.78 is 5.44. The second-order valence-corrected chi connectivity index (χ2v) is 8.51. The highest BCUT2D eigenvalue weighted by Crippen LogP contribution is 2.36. The highest BCUT2D eigenvalue weighted by atomic mass is 16.7. The lowest BCUT2D eigenvalue weighted by molar-refractivity contribution is -0.136. The number of aromatic nitrogens is 2. The van der Waals surface area contributed by atoms with Crippen molar-refractivity contribution in [2.24, 2.45) is 5.41 Å². The fourth-order valence-electron chi connectivity index (χ4n) is 3.39. The van der Waals surface area contributed by atoms with Gasteiger partial charge in [0.15, 0.2) is 0 Å². The van der Waals surface area contributed by atoms with Gasteiger partial charge in [0.25, 0.3) is 5.91 Å². The first-order valence-corrected chi connectivity index (χ1v) is 9.71. The van der Waals surface area contributed by atoms with Gasteiger partial charge in [0.1, 0.15) is 16.8 Å².